The van der Waals surface area contributed by atoms with Crippen LogP contribution in [-0.4, -0.2) is 40.4 Å². The Morgan fingerprint density at radius 3 is 1.95 bits per heavy atom. The number of ether oxygens (including phenoxy) is 1. The first-order valence-electron chi connectivity index (χ1n) is 14.9. The summed E-state index contributed by atoms with van der Waals surface area (Å²) in [6.07, 6.45) is 11.3. The molecule has 0 radical (unpaired) electrons. The summed E-state index contributed by atoms with van der Waals surface area (Å²) in [5.41, 5.74) is 4.43. The lowest BCUT2D eigenvalue weighted by Crippen LogP contribution is -2.65. The van der Waals surface area contributed by atoms with Crippen molar-refractivity contribution >= 4 is 6.09 Å². The first-order chi connectivity index (χ1) is 18.1. The third kappa shape index (κ3) is 3.47. The number of rotatable bonds is 3. The van der Waals surface area contributed by atoms with Crippen molar-refractivity contribution in [3.05, 3.63) is 59.7 Å². The highest BCUT2D eigenvalue weighted by Crippen LogP contribution is 2.61. The topological polar surface area (TPSA) is 49.8 Å². The Hall–Kier alpha value is -2.33. The number of carbonyl (C=O) groups excluding carboxylic acids is 1. The van der Waals surface area contributed by atoms with Gasteiger partial charge in [-0.1, -0.05) is 48.5 Å². The monoisotopic (exact) mass is 497 g/mol. The summed E-state index contributed by atoms with van der Waals surface area (Å²) in [6, 6.07) is 17.3. The van der Waals surface area contributed by atoms with E-state index in [1.54, 1.807) is 0 Å². The molecule has 2 unspecified atom stereocenters. The highest BCUT2D eigenvalue weighted by molar-refractivity contribution is 5.79. The summed E-state index contributed by atoms with van der Waals surface area (Å²) in [5.74, 6) is 3.80. The largest absolute Gasteiger partial charge is 0.448 e. The molecule has 2 aromatic rings. The van der Waals surface area contributed by atoms with E-state index in [1.807, 2.05) is 0 Å². The molecule has 37 heavy (non-hydrogen) atoms. The number of piperidine rings is 2. The Bertz CT molecular complexity index is 1130. The van der Waals surface area contributed by atoms with Crippen LogP contribution in [0.5, 0.6) is 0 Å². The Labute approximate surface area is 220 Å². The van der Waals surface area contributed by atoms with Crippen LogP contribution in [-0.2, 0) is 4.74 Å². The van der Waals surface area contributed by atoms with Gasteiger partial charge >= 0.3 is 6.09 Å². The first-order valence-corrected chi connectivity index (χ1v) is 14.9. The molecule has 7 aliphatic rings. The van der Waals surface area contributed by atoms with Crippen LogP contribution in [0.15, 0.2) is 48.5 Å². The van der Waals surface area contributed by atoms with Gasteiger partial charge in [0.15, 0.2) is 0 Å². The van der Waals surface area contributed by atoms with Crippen molar-refractivity contribution in [3.8, 4) is 11.1 Å². The maximum absolute atomic E-state index is 13.6. The Morgan fingerprint density at radius 2 is 1.38 bits per heavy atom. The van der Waals surface area contributed by atoms with Crippen molar-refractivity contribution in [2.75, 3.05) is 6.61 Å². The smallest absolute Gasteiger partial charge is 0.410 e. The molecule has 194 valence electrons. The van der Waals surface area contributed by atoms with Crippen molar-refractivity contribution in [2.24, 2.45) is 29.6 Å². The highest BCUT2D eigenvalue weighted by atomic mass is 16.6. The minimum absolute atomic E-state index is 0.0889. The molecule has 0 spiro atoms. The molecule has 4 saturated carbocycles. The molecule has 9 rings (SSSR count). The van der Waals surface area contributed by atoms with E-state index in [1.165, 1.54) is 54.4 Å². The molecule has 0 aromatic heterocycles. The average molecular weight is 498 g/mol. The number of amides is 1. The second-order valence-corrected chi connectivity index (χ2v) is 13.4. The maximum Gasteiger partial charge on any atom is 0.410 e. The van der Waals surface area contributed by atoms with Gasteiger partial charge in [-0.05, 0) is 116 Å². The van der Waals surface area contributed by atoms with Crippen molar-refractivity contribution < 1.29 is 14.6 Å². The van der Waals surface area contributed by atoms with Gasteiger partial charge in [0.2, 0.25) is 0 Å². The minimum atomic E-state index is -0.599. The number of hydrogen-bond acceptors (Lipinski definition) is 3. The first kappa shape index (κ1) is 22.6. The van der Waals surface area contributed by atoms with Crippen LogP contribution in [0.4, 0.5) is 4.79 Å². The second kappa shape index (κ2) is 8.33. The van der Waals surface area contributed by atoms with Crippen LogP contribution in [0.2, 0.25) is 0 Å². The fraction of sp³-hybridized carbons (Fsp3) is 0.606. The number of fused-ring (bicyclic) bond motifs is 5. The molecule has 6 bridgehead atoms. The Morgan fingerprint density at radius 1 is 0.838 bits per heavy atom. The van der Waals surface area contributed by atoms with E-state index in [9.17, 15) is 9.90 Å². The summed E-state index contributed by atoms with van der Waals surface area (Å²) in [7, 11) is 0. The third-order valence-electron chi connectivity index (χ3n) is 11.4. The lowest BCUT2D eigenvalue weighted by molar-refractivity contribution is -0.182. The molecule has 2 aliphatic heterocycles. The van der Waals surface area contributed by atoms with Crippen LogP contribution in [0.3, 0.4) is 0 Å². The van der Waals surface area contributed by atoms with Gasteiger partial charge in [0.05, 0.1) is 5.60 Å². The zero-order valence-corrected chi connectivity index (χ0v) is 21.7. The predicted molar refractivity (Wildman–Crippen MR) is 143 cm³/mol. The van der Waals surface area contributed by atoms with Gasteiger partial charge in [-0.2, -0.15) is 0 Å². The van der Waals surface area contributed by atoms with E-state index in [4.69, 9.17) is 4.74 Å². The molecule has 4 heteroatoms. The molecule has 2 saturated heterocycles. The molecular formula is C33H39NO3. The molecule has 2 aromatic carbocycles. The minimum Gasteiger partial charge on any atom is -0.448 e. The lowest BCUT2D eigenvalue weighted by atomic mass is 9.47. The number of benzene rings is 2. The van der Waals surface area contributed by atoms with Gasteiger partial charge in [0.25, 0.3) is 0 Å². The normalized spacial score (nSPS) is 39.4. The van der Waals surface area contributed by atoms with Gasteiger partial charge in [-0.15, -0.1) is 0 Å². The quantitative estimate of drug-likeness (QED) is 0.510. The molecule has 1 amide bonds. The predicted octanol–water partition coefficient (Wildman–Crippen LogP) is 6.76. The standard InChI is InChI=1S/C33H39NO3/c35-32(37-19-30-28-10-3-1-8-26(28)27-9-2-4-11-29(27)30)34-24-6-5-7-25(34)18-33(36,17-24)31-22-13-20-12-21(15-22)16-23(31)14-20/h1-4,8-11,20-25,30-31,36H,5-7,12-19H2. The number of nitrogens with zero attached hydrogens (tertiary/aromatic N) is 1. The van der Waals surface area contributed by atoms with E-state index < -0.39 is 5.60 Å². The van der Waals surface area contributed by atoms with Crippen molar-refractivity contribution in [2.45, 2.75) is 87.8 Å². The molecule has 2 heterocycles. The van der Waals surface area contributed by atoms with E-state index in [2.05, 4.69) is 53.4 Å². The van der Waals surface area contributed by atoms with E-state index in [0.29, 0.717) is 24.4 Å². The van der Waals surface area contributed by atoms with E-state index in [0.717, 1.165) is 43.9 Å². The van der Waals surface area contributed by atoms with Crippen LogP contribution >= 0.6 is 0 Å². The molecule has 1 N–H and O–H groups in total. The van der Waals surface area contributed by atoms with Crippen LogP contribution in [0.25, 0.3) is 11.1 Å². The fourth-order valence-electron chi connectivity index (χ4n) is 10.5. The van der Waals surface area contributed by atoms with Crippen molar-refractivity contribution in [1.82, 2.24) is 4.90 Å². The number of hydrogen-bond donors (Lipinski definition) is 1. The van der Waals surface area contributed by atoms with Gasteiger partial charge in [0, 0.05) is 18.0 Å². The Balaban J connectivity index is 1.00. The highest BCUT2D eigenvalue weighted by Gasteiger charge is 2.59. The molecular weight excluding hydrogens is 458 g/mol. The molecule has 6 fully saturated rings. The number of aliphatic hydroxyl groups is 1. The van der Waals surface area contributed by atoms with Crippen molar-refractivity contribution in [1.29, 1.82) is 0 Å². The summed E-state index contributed by atoms with van der Waals surface area (Å²) >= 11 is 0. The summed E-state index contributed by atoms with van der Waals surface area (Å²) in [6.45, 7) is 0.378. The molecule has 2 atom stereocenters. The average Bonchev–Trinajstić information content (AvgIpc) is 3.20. The van der Waals surface area contributed by atoms with Gasteiger partial charge in [0.1, 0.15) is 6.61 Å². The molecule has 5 aliphatic carbocycles. The van der Waals surface area contributed by atoms with Crippen LogP contribution in [0, 0.1) is 29.6 Å². The number of carbonyl (C=O) groups is 1. The zero-order chi connectivity index (χ0) is 24.7. The van der Waals surface area contributed by atoms with Crippen LogP contribution < -0.4 is 0 Å². The maximum atomic E-state index is 13.6. The summed E-state index contributed by atoms with van der Waals surface area (Å²) < 4.78 is 6.13. The zero-order valence-electron chi connectivity index (χ0n) is 21.7. The van der Waals surface area contributed by atoms with Crippen LogP contribution in [0.1, 0.15) is 81.3 Å². The van der Waals surface area contributed by atoms with Gasteiger partial charge in [-0.3, -0.25) is 0 Å². The lowest BCUT2D eigenvalue weighted by Gasteiger charge is -2.62. The summed E-state index contributed by atoms with van der Waals surface area (Å²) in [4.78, 5) is 15.7. The SMILES string of the molecule is O=C(OCC1c2ccccc2-c2ccccc21)N1C2CCCC1CC(O)(C1C3CC4CC(C3)CC1C4)C2. The molecule has 4 nitrogen and oxygen atoms in total. The van der Waals surface area contributed by atoms with E-state index in [-0.39, 0.29) is 24.1 Å². The summed E-state index contributed by atoms with van der Waals surface area (Å²) in [5, 5.41) is 12.3. The second-order valence-electron chi connectivity index (χ2n) is 13.4. The Kier molecular flexibility index (Phi) is 5.10. The fourth-order valence-corrected chi connectivity index (χ4v) is 10.5. The van der Waals surface area contributed by atoms with Gasteiger partial charge in [-0.25, -0.2) is 4.79 Å². The van der Waals surface area contributed by atoms with Gasteiger partial charge < -0.3 is 14.7 Å². The third-order valence-corrected chi connectivity index (χ3v) is 11.4. The van der Waals surface area contributed by atoms with E-state index >= 15 is 0 Å². The van der Waals surface area contributed by atoms with Crippen molar-refractivity contribution in [3.63, 3.8) is 0 Å².